The molecule has 1 saturated heterocycles. The summed E-state index contributed by atoms with van der Waals surface area (Å²) in [5, 5.41) is 10.9. The number of nitrogens with zero attached hydrogens (tertiary/aromatic N) is 4. The van der Waals surface area contributed by atoms with Crippen LogP contribution < -0.4 is 4.90 Å². The van der Waals surface area contributed by atoms with Gasteiger partial charge in [-0.15, -0.1) is 0 Å². The Kier molecular flexibility index (Phi) is 4.71. The number of para-hydroxylation sites is 1. The van der Waals surface area contributed by atoms with Crippen molar-refractivity contribution < 1.29 is 9.90 Å². The van der Waals surface area contributed by atoms with E-state index in [9.17, 15) is 9.90 Å². The lowest BCUT2D eigenvalue weighted by Crippen LogP contribution is -2.35. The van der Waals surface area contributed by atoms with E-state index < -0.39 is 0 Å². The van der Waals surface area contributed by atoms with Gasteiger partial charge in [0.05, 0.1) is 11.2 Å². The van der Waals surface area contributed by atoms with Crippen LogP contribution in [0.25, 0.3) is 10.9 Å². The summed E-state index contributed by atoms with van der Waals surface area (Å²) in [6.45, 7) is 3.54. The van der Waals surface area contributed by atoms with Crippen molar-refractivity contribution in [1.82, 2.24) is 15.0 Å². The van der Waals surface area contributed by atoms with Gasteiger partial charge in [0, 0.05) is 24.9 Å². The van der Waals surface area contributed by atoms with E-state index in [2.05, 4.69) is 33.1 Å². The first-order valence-corrected chi connectivity index (χ1v) is 9.19. The lowest BCUT2D eigenvalue weighted by molar-refractivity contribution is 0.393. The summed E-state index contributed by atoms with van der Waals surface area (Å²) >= 11 is 0. The molecule has 6 heteroatoms. The molecule has 0 unspecified atom stereocenters. The number of carbonyl (C=O) groups excluding carboxylic acids is 1. The minimum atomic E-state index is -0.175. The van der Waals surface area contributed by atoms with Crippen LogP contribution in [0.4, 0.5) is 5.82 Å². The van der Waals surface area contributed by atoms with Gasteiger partial charge in [0.1, 0.15) is 11.6 Å². The molecule has 0 saturated carbocycles. The van der Waals surface area contributed by atoms with Gasteiger partial charge in [-0.25, -0.2) is 15.0 Å². The Bertz CT molecular complexity index is 981. The highest BCUT2D eigenvalue weighted by Gasteiger charge is 2.22. The highest BCUT2D eigenvalue weighted by molar-refractivity contribution is 5.80. The van der Waals surface area contributed by atoms with E-state index in [0.717, 1.165) is 42.7 Å². The smallest absolute Gasteiger partial charge is 0.257 e. The van der Waals surface area contributed by atoms with Gasteiger partial charge in [-0.05, 0) is 43.9 Å². The number of pyridine rings is 1. The van der Waals surface area contributed by atoms with E-state index in [0.29, 0.717) is 23.9 Å². The number of hydrogen-bond acceptors (Lipinski definition) is 6. The third kappa shape index (κ3) is 3.60. The molecule has 6 nitrogen and oxygen atoms in total. The summed E-state index contributed by atoms with van der Waals surface area (Å²) in [5.74, 6) is 1.89. The molecule has 0 amide bonds. The minimum absolute atomic E-state index is 0.0460. The molecule has 137 valence electrons. The van der Waals surface area contributed by atoms with Crippen molar-refractivity contribution in [3.8, 4) is 5.75 Å². The average molecular weight is 361 g/mol. The molecule has 0 atom stereocenters. The summed E-state index contributed by atoms with van der Waals surface area (Å²) in [4.78, 5) is 26.5. The molecule has 0 spiro atoms. The van der Waals surface area contributed by atoms with Crippen LogP contribution in [-0.2, 0) is 11.2 Å². The molecule has 1 N–H and O–H groups in total. The molecule has 3 heterocycles. The summed E-state index contributed by atoms with van der Waals surface area (Å²) in [6.07, 6.45) is 4.42. The molecule has 1 aliphatic heterocycles. The third-order valence-electron chi connectivity index (χ3n) is 5.19. The van der Waals surface area contributed by atoms with Gasteiger partial charge >= 0.3 is 0 Å². The molecular formula is C21H21N4O2. The van der Waals surface area contributed by atoms with Crippen molar-refractivity contribution in [3.05, 3.63) is 53.6 Å². The predicted octanol–water partition coefficient (Wildman–Crippen LogP) is 2.96. The Morgan fingerprint density at radius 3 is 2.67 bits per heavy atom. The zero-order valence-electron chi connectivity index (χ0n) is 15.2. The quantitative estimate of drug-likeness (QED) is 0.770. The van der Waals surface area contributed by atoms with Crippen molar-refractivity contribution in [2.45, 2.75) is 26.2 Å². The van der Waals surface area contributed by atoms with E-state index in [1.807, 2.05) is 18.2 Å². The van der Waals surface area contributed by atoms with Gasteiger partial charge in [-0.1, -0.05) is 18.2 Å². The second kappa shape index (κ2) is 7.31. The maximum absolute atomic E-state index is 10.9. The Labute approximate surface area is 157 Å². The van der Waals surface area contributed by atoms with E-state index in [-0.39, 0.29) is 11.4 Å². The number of rotatable bonds is 4. The van der Waals surface area contributed by atoms with Crippen molar-refractivity contribution in [1.29, 1.82) is 0 Å². The molecule has 0 aliphatic carbocycles. The number of benzene rings is 1. The summed E-state index contributed by atoms with van der Waals surface area (Å²) < 4.78 is 0. The van der Waals surface area contributed by atoms with E-state index in [1.54, 1.807) is 13.2 Å². The fourth-order valence-corrected chi connectivity index (χ4v) is 3.64. The monoisotopic (exact) mass is 361 g/mol. The zero-order valence-corrected chi connectivity index (χ0v) is 15.2. The lowest BCUT2D eigenvalue weighted by Gasteiger charge is -2.32. The molecule has 0 bridgehead atoms. The molecule has 1 fully saturated rings. The summed E-state index contributed by atoms with van der Waals surface area (Å²) in [6, 6.07) is 12.3. The largest absolute Gasteiger partial charge is 0.504 e. The Balaban J connectivity index is 1.42. The minimum Gasteiger partial charge on any atom is -0.504 e. The maximum Gasteiger partial charge on any atom is 0.257 e. The van der Waals surface area contributed by atoms with Crippen LogP contribution in [0.15, 0.2) is 36.4 Å². The highest BCUT2D eigenvalue weighted by atomic mass is 16.3. The van der Waals surface area contributed by atoms with Crippen molar-refractivity contribution in [2.24, 2.45) is 5.92 Å². The second-order valence-corrected chi connectivity index (χ2v) is 7.02. The van der Waals surface area contributed by atoms with Crippen LogP contribution in [0.5, 0.6) is 5.75 Å². The van der Waals surface area contributed by atoms with Crippen LogP contribution in [0.2, 0.25) is 0 Å². The number of anilines is 1. The van der Waals surface area contributed by atoms with Crippen molar-refractivity contribution >= 4 is 23.0 Å². The number of hydrogen-bond donors (Lipinski definition) is 1. The van der Waals surface area contributed by atoms with Crippen LogP contribution in [0.1, 0.15) is 30.1 Å². The highest BCUT2D eigenvalue weighted by Crippen LogP contribution is 2.26. The van der Waals surface area contributed by atoms with Crippen LogP contribution in [0.3, 0.4) is 0 Å². The van der Waals surface area contributed by atoms with Gasteiger partial charge in [0.25, 0.3) is 6.29 Å². The van der Waals surface area contributed by atoms with E-state index in [4.69, 9.17) is 4.98 Å². The number of aryl methyl sites for hydroxylation is 1. The predicted molar refractivity (Wildman–Crippen MR) is 104 cm³/mol. The van der Waals surface area contributed by atoms with Gasteiger partial charge < -0.3 is 10.0 Å². The van der Waals surface area contributed by atoms with Gasteiger partial charge in [-0.2, -0.15) is 0 Å². The number of piperidine rings is 1. The van der Waals surface area contributed by atoms with Gasteiger partial charge in [0.2, 0.25) is 0 Å². The van der Waals surface area contributed by atoms with E-state index in [1.165, 1.54) is 0 Å². The first-order valence-electron chi connectivity index (χ1n) is 9.19. The Hall–Kier alpha value is -3.02. The summed E-state index contributed by atoms with van der Waals surface area (Å²) in [5.41, 5.74) is 1.40. The molecule has 1 aromatic carbocycles. The fourth-order valence-electron chi connectivity index (χ4n) is 3.64. The van der Waals surface area contributed by atoms with Crippen LogP contribution in [0, 0.1) is 12.8 Å². The average Bonchev–Trinajstić information content (AvgIpc) is 2.71. The molecule has 27 heavy (non-hydrogen) atoms. The molecule has 1 radical (unpaired) electrons. The first kappa shape index (κ1) is 17.4. The Morgan fingerprint density at radius 2 is 1.89 bits per heavy atom. The van der Waals surface area contributed by atoms with Gasteiger partial charge in [0.15, 0.2) is 11.4 Å². The topological polar surface area (TPSA) is 79.2 Å². The molecular weight excluding hydrogens is 340 g/mol. The van der Waals surface area contributed by atoms with Crippen molar-refractivity contribution in [2.75, 3.05) is 18.0 Å². The maximum atomic E-state index is 10.9. The van der Waals surface area contributed by atoms with Crippen molar-refractivity contribution in [3.63, 3.8) is 0 Å². The zero-order chi connectivity index (χ0) is 18.8. The first-order chi connectivity index (χ1) is 13.1. The Morgan fingerprint density at radius 1 is 1.11 bits per heavy atom. The van der Waals surface area contributed by atoms with Gasteiger partial charge in [-0.3, -0.25) is 4.79 Å². The molecule has 3 aromatic rings. The fraction of sp³-hybridized carbons (Fsp3) is 0.333. The molecule has 4 rings (SSSR count). The normalized spacial score (nSPS) is 15.2. The standard InChI is InChI=1S/C21H21N4O2/c1-14-21(27)18(13-26)23-19(22-14)12-15-8-10-25(11-9-15)20-7-6-16-4-2-3-5-17(16)24-20/h2-7,15,27H,8-12H2,1H3. The van der Waals surface area contributed by atoms with Crippen LogP contribution in [-0.4, -0.2) is 39.4 Å². The lowest BCUT2D eigenvalue weighted by atomic mass is 9.93. The SMILES string of the molecule is Cc1nc(CC2CCN(c3ccc4ccccc4n3)CC2)nc([C]=O)c1O. The molecule has 1 aliphatic rings. The summed E-state index contributed by atoms with van der Waals surface area (Å²) in [7, 11) is 0. The number of aromatic hydroxyl groups is 1. The number of aromatic nitrogens is 3. The second-order valence-electron chi connectivity index (χ2n) is 7.02. The van der Waals surface area contributed by atoms with E-state index >= 15 is 0 Å². The molecule has 2 aromatic heterocycles. The number of fused-ring (bicyclic) bond motifs is 1. The van der Waals surface area contributed by atoms with Crippen LogP contribution >= 0.6 is 0 Å². The third-order valence-corrected chi connectivity index (χ3v) is 5.19.